The van der Waals surface area contributed by atoms with Crippen LogP contribution in [-0.4, -0.2) is 6.10 Å². The first kappa shape index (κ1) is 11.6. The second kappa shape index (κ2) is 4.04. The molecule has 1 aromatic carbocycles. The van der Waals surface area contributed by atoms with E-state index in [0.717, 1.165) is 31.4 Å². The van der Waals surface area contributed by atoms with E-state index in [1.165, 1.54) is 17.7 Å². The lowest BCUT2D eigenvalue weighted by molar-refractivity contribution is -0.137. The Balaban J connectivity index is 1.67. The van der Waals surface area contributed by atoms with Crippen LogP contribution in [0.15, 0.2) is 35.9 Å². The molecule has 0 aromatic heterocycles. The molecule has 18 heavy (non-hydrogen) atoms. The largest absolute Gasteiger partial charge is 0.489 e. The van der Waals surface area contributed by atoms with Crippen molar-refractivity contribution < 1.29 is 17.9 Å². The van der Waals surface area contributed by atoms with Gasteiger partial charge in [0.1, 0.15) is 11.9 Å². The highest BCUT2D eigenvalue weighted by Crippen LogP contribution is 2.40. The van der Waals surface area contributed by atoms with E-state index in [-0.39, 0.29) is 6.10 Å². The highest BCUT2D eigenvalue weighted by molar-refractivity contribution is 5.30. The summed E-state index contributed by atoms with van der Waals surface area (Å²) in [5, 5.41) is 0. The zero-order valence-corrected chi connectivity index (χ0v) is 9.70. The van der Waals surface area contributed by atoms with Crippen molar-refractivity contribution in [3.8, 4) is 5.75 Å². The molecule has 4 heteroatoms. The molecule has 0 amide bonds. The molecule has 1 nitrogen and oxygen atoms in total. The van der Waals surface area contributed by atoms with Gasteiger partial charge in [-0.1, -0.05) is 11.6 Å². The number of alkyl halides is 3. The summed E-state index contributed by atoms with van der Waals surface area (Å²) in [6, 6.07) is 4.94. The van der Waals surface area contributed by atoms with E-state index in [4.69, 9.17) is 4.74 Å². The molecule has 2 aliphatic rings. The molecule has 2 aliphatic carbocycles. The maximum atomic E-state index is 12.4. The Hall–Kier alpha value is -1.45. The van der Waals surface area contributed by atoms with Gasteiger partial charge in [0.25, 0.3) is 0 Å². The fraction of sp³-hybridized carbons (Fsp3) is 0.429. The lowest BCUT2D eigenvalue weighted by Crippen LogP contribution is -2.24. The van der Waals surface area contributed by atoms with Crippen LogP contribution in [-0.2, 0) is 6.18 Å². The van der Waals surface area contributed by atoms with E-state index in [2.05, 4.69) is 6.08 Å². The standard InChI is InChI=1S/C14H13F3O/c15-14(16,17)11-3-5-12(6-4-11)18-13-8-9-1-2-10(13)7-9/h3-7,10,13H,1-2,8H2. The normalized spacial score (nSPS) is 26.3. The molecule has 0 saturated carbocycles. The van der Waals surface area contributed by atoms with Crippen molar-refractivity contribution in [1.82, 2.24) is 0 Å². The summed E-state index contributed by atoms with van der Waals surface area (Å²) in [6.07, 6.45) is 1.26. The molecule has 1 aromatic rings. The highest BCUT2D eigenvalue weighted by atomic mass is 19.4. The van der Waals surface area contributed by atoms with Gasteiger partial charge in [-0.25, -0.2) is 0 Å². The van der Waals surface area contributed by atoms with Crippen LogP contribution in [0.5, 0.6) is 5.75 Å². The van der Waals surface area contributed by atoms with E-state index < -0.39 is 11.7 Å². The smallest absolute Gasteiger partial charge is 0.416 e. The second-order valence-electron chi connectivity index (χ2n) is 4.91. The summed E-state index contributed by atoms with van der Waals surface area (Å²) >= 11 is 0. The predicted molar refractivity (Wildman–Crippen MR) is 61.3 cm³/mol. The fourth-order valence-electron chi connectivity index (χ4n) is 2.72. The van der Waals surface area contributed by atoms with Gasteiger partial charge >= 0.3 is 6.18 Å². The third-order valence-electron chi connectivity index (χ3n) is 3.66. The zero-order valence-electron chi connectivity index (χ0n) is 9.70. The molecule has 0 saturated heterocycles. The van der Waals surface area contributed by atoms with Crippen molar-refractivity contribution in [2.75, 3.05) is 0 Å². The van der Waals surface area contributed by atoms with Crippen LogP contribution in [0.1, 0.15) is 24.8 Å². The quantitative estimate of drug-likeness (QED) is 0.719. The van der Waals surface area contributed by atoms with E-state index in [0.29, 0.717) is 11.7 Å². The van der Waals surface area contributed by atoms with Crippen LogP contribution in [0.4, 0.5) is 13.2 Å². The van der Waals surface area contributed by atoms with Crippen molar-refractivity contribution in [2.24, 2.45) is 5.92 Å². The Kier molecular flexibility index (Phi) is 2.61. The molecule has 0 fully saturated rings. The Morgan fingerprint density at radius 2 is 1.83 bits per heavy atom. The summed E-state index contributed by atoms with van der Waals surface area (Å²) in [7, 11) is 0. The molecular formula is C14H13F3O. The van der Waals surface area contributed by atoms with Crippen molar-refractivity contribution in [2.45, 2.75) is 31.5 Å². The number of ether oxygens (including phenoxy) is 1. The number of benzene rings is 1. The SMILES string of the molecule is FC(F)(F)c1ccc(OC2CC3=CC2CC3)cc1. The zero-order chi connectivity index (χ0) is 12.8. The molecule has 96 valence electrons. The first-order chi connectivity index (χ1) is 8.52. The third kappa shape index (κ3) is 2.11. The van der Waals surface area contributed by atoms with Crippen molar-refractivity contribution in [3.63, 3.8) is 0 Å². The minimum absolute atomic E-state index is 0.116. The molecule has 2 atom stereocenters. The minimum Gasteiger partial charge on any atom is -0.489 e. The maximum Gasteiger partial charge on any atom is 0.416 e. The monoisotopic (exact) mass is 254 g/mol. The number of hydrogen-bond donors (Lipinski definition) is 0. The topological polar surface area (TPSA) is 9.23 Å². The van der Waals surface area contributed by atoms with E-state index in [1.807, 2.05) is 0 Å². The average molecular weight is 254 g/mol. The highest BCUT2D eigenvalue weighted by Gasteiger charge is 2.34. The summed E-state index contributed by atoms with van der Waals surface area (Å²) in [5.74, 6) is 0.969. The maximum absolute atomic E-state index is 12.4. The van der Waals surface area contributed by atoms with Gasteiger partial charge in [-0.05, 0) is 37.1 Å². The van der Waals surface area contributed by atoms with E-state index in [9.17, 15) is 13.2 Å². The lowest BCUT2D eigenvalue weighted by Gasteiger charge is -2.23. The molecule has 3 rings (SSSR count). The van der Waals surface area contributed by atoms with Crippen LogP contribution in [0, 0.1) is 5.92 Å². The van der Waals surface area contributed by atoms with Gasteiger partial charge in [0.05, 0.1) is 5.56 Å². The van der Waals surface area contributed by atoms with Gasteiger partial charge in [-0.15, -0.1) is 0 Å². The van der Waals surface area contributed by atoms with Crippen molar-refractivity contribution in [1.29, 1.82) is 0 Å². The van der Waals surface area contributed by atoms with Crippen LogP contribution in [0.2, 0.25) is 0 Å². The Morgan fingerprint density at radius 1 is 1.11 bits per heavy atom. The van der Waals surface area contributed by atoms with Crippen LogP contribution in [0.3, 0.4) is 0 Å². The van der Waals surface area contributed by atoms with Gasteiger partial charge in [0.15, 0.2) is 0 Å². The van der Waals surface area contributed by atoms with E-state index in [1.54, 1.807) is 0 Å². The Morgan fingerprint density at radius 3 is 2.33 bits per heavy atom. The van der Waals surface area contributed by atoms with Gasteiger partial charge in [-0.3, -0.25) is 0 Å². The predicted octanol–water partition coefficient (Wildman–Crippen LogP) is 4.19. The molecule has 0 N–H and O–H groups in total. The first-order valence-corrected chi connectivity index (χ1v) is 6.06. The van der Waals surface area contributed by atoms with Gasteiger partial charge in [0, 0.05) is 12.3 Å². The molecule has 2 bridgehead atoms. The van der Waals surface area contributed by atoms with Gasteiger partial charge in [0.2, 0.25) is 0 Å². The molecule has 0 spiro atoms. The fourth-order valence-corrected chi connectivity index (χ4v) is 2.72. The Labute approximate surface area is 103 Å². The number of hydrogen-bond acceptors (Lipinski definition) is 1. The van der Waals surface area contributed by atoms with Crippen LogP contribution in [0.25, 0.3) is 0 Å². The molecule has 0 heterocycles. The first-order valence-electron chi connectivity index (χ1n) is 6.06. The number of halogens is 3. The molecular weight excluding hydrogens is 241 g/mol. The van der Waals surface area contributed by atoms with Crippen LogP contribution < -0.4 is 4.74 Å². The average Bonchev–Trinajstić information content (AvgIpc) is 2.90. The van der Waals surface area contributed by atoms with Gasteiger partial charge < -0.3 is 4.74 Å². The summed E-state index contributed by atoms with van der Waals surface area (Å²) in [4.78, 5) is 0. The number of rotatable bonds is 2. The van der Waals surface area contributed by atoms with Crippen molar-refractivity contribution in [3.05, 3.63) is 41.5 Å². The number of fused-ring (bicyclic) bond motifs is 1. The summed E-state index contributed by atoms with van der Waals surface area (Å²) in [5.41, 5.74) is 0.792. The molecule has 0 aliphatic heterocycles. The summed E-state index contributed by atoms with van der Waals surface area (Å²) in [6.45, 7) is 0. The van der Waals surface area contributed by atoms with Crippen molar-refractivity contribution >= 4 is 0 Å². The Bertz CT molecular complexity index is 473. The summed E-state index contributed by atoms with van der Waals surface area (Å²) < 4.78 is 43.0. The molecule has 2 unspecified atom stereocenters. The minimum atomic E-state index is -4.28. The molecule has 0 radical (unpaired) electrons. The van der Waals surface area contributed by atoms with E-state index >= 15 is 0 Å². The lowest BCUT2D eigenvalue weighted by atomic mass is 9.96. The second-order valence-corrected chi connectivity index (χ2v) is 4.91. The third-order valence-corrected chi connectivity index (χ3v) is 3.66. The van der Waals surface area contributed by atoms with Gasteiger partial charge in [-0.2, -0.15) is 13.2 Å². The van der Waals surface area contributed by atoms with Crippen LogP contribution >= 0.6 is 0 Å².